The van der Waals surface area contributed by atoms with Gasteiger partial charge in [0.25, 0.3) is 5.91 Å². The zero-order valence-electron chi connectivity index (χ0n) is 12.4. The van der Waals surface area contributed by atoms with Gasteiger partial charge in [0.2, 0.25) is 0 Å². The third kappa shape index (κ3) is 2.92. The van der Waals surface area contributed by atoms with Gasteiger partial charge in [-0.3, -0.25) is 14.4 Å². The van der Waals surface area contributed by atoms with Gasteiger partial charge in [-0.25, -0.2) is 0 Å². The standard InChI is InChI=1S/C16H17NO4S/c1-3-17-15(21)11(9-12(18)19)13(16(17)22-2)14(20)10-7-5-4-6-8-10/h4-8,16H,3,9H2,1-2H3,(H,18,19)/t16-/m1/s1. The molecule has 0 aromatic heterocycles. The fraction of sp³-hybridized carbons (Fsp3) is 0.312. The summed E-state index contributed by atoms with van der Waals surface area (Å²) in [5, 5.41) is 8.63. The zero-order valence-corrected chi connectivity index (χ0v) is 13.2. The Morgan fingerprint density at radius 2 is 1.91 bits per heavy atom. The van der Waals surface area contributed by atoms with Gasteiger partial charge in [0, 0.05) is 23.3 Å². The maximum Gasteiger partial charge on any atom is 0.308 e. The molecule has 1 heterocycles. The van der Waals surface area contributed by atoms with Gasteiger partial charge in [0.1, 0.15) is 5.37 Å². The molecule has 1 aromatic carbocycles. The second-order valence-electron chi connectivity index (χ2n) is 4.84. The molecule has 116 valence electrons. The van der Waals surface area contributed by atoms with Crippen LogP contribution in [-0.4, -0.2) is 45.8 Å². The number of hydrogen-bond donors (Lipinski definition) is 1. The van der Waals surface area contributed by atoms with Crippen molar-refractivity contribution in [3.05, 3.63) is 47.0 Å². The highest BCUT2D eigenvalue weighted by molar-refractivity contribution is 7.99. The topological polar surface area (TPSA) is 74.7 Å². The van der Waals surface area contributed by atoms with Crippen LogP contribution < -0.4 is 0 Å². The molecule has 0 fully saturated rings. The molecule has 5 nitrogen and oxygen atoms in total. The third-order valence-corrected chi connectivity index (χ3v) is 4.48. The highest BCUT2D eigenvalue weighted by atomic mass is 32.2. The Hall–Kier alpha value is -2.08. The number of carbonyl (C=O) groups excluding carboxylic acids is 2. The van der Waals surface area contributed by atoms with Crippen LogP contribution in [0.4, 0.5) is 0 Å². The molecule has 0 aliphatic carbocycles. The van der Waals surface area contributed by atoms with E-state index in [1.807, 2.05) is 13.2 Å². The summed E-state index contributed by atoms with van der Waals surface area (Å²) in [6.07, 6.45) is 1.38. The minimum Gasteiger partial charge on any atom is -0.481 e. The molecular formula is C16H17NO4S. The van der Waals surface area contributed by atoms with Crippen molar-refractivity contribution in [3.8, 4) is 0 Å². The highest BCUT2D eigenvalue weighted by Crippen LogP contribution is 2.35. The maximum atomic E-state index is 12.8. The molecular weight excluding hydrogens is 302 g/mol. The summed E-state index contributed by atoms with van der Waals surface area (Å²) < 4.78 is 0. The lowest BCUT2D eigenvalue weighted by atomic mass is 9.98. The van der Waals surface area contributed by atoms with Crippen molar-refractivity contribution in [1.82, 2.24) is 4.90 Å². The SMILES string of the molecule is CCN1C(=O)C(CC(=O)O)=C(C(=O)c2ccccc2)[C@H]1SC. The van der Waals surface area contributed by atoms with E-state index in [9.17, 15) is 14.4 Å². The number of benzene rings is 1. The first kappa shape index (κ1) is 16.3. The van der Waals surface area contributed by atoms with Crippen LogP contribution in [0.3, 0.4) is 0 Å². The summed E-state index contributed by atoms with van der Waals surface area (Å²) in [4.78, 5) is 37.8. The second-order valence-corrected chi connectivity index (χ2v) is 5.76. The van der Waals surface area contributed by atoms with Crippen molar-refractivity contribution in [2.45, 2.75) is 18.7 Å². The lowest BCUT2D eigenvalue weighted by Crippen LogP contribution is -2.34. The molecule has 0 bridgehead atoms. The average molecular weight is 319 g/mol. The highest BCUT2D eigenvalue weighted by Gasteiger charge is 2.41. The summed E-state index contributed by atoms with van der Waals surface area (Å²) in [5.41, 5.74) is 0.862. The molecule has 1 amide bonds. The first-order valence-electron chi connectivity index (χ1n) is 6.89. The number of carboxylic acids is 1. The van der Waals surface area contributed by atoms with E-state index in [0.29, 0.717) is 17.7 Å². The van der Waals surface area contributed by atoms with Crippen LogP contribution in [0.2, 0.25) is 0 Å². The molecule has 1 aromatic rings. The Kier molecular flexibility index (Phi) is 5.03. The number of aliphatic carboxylic acids is 1. The molecule has 2 rings (SSSR count). The Labute approximate surface area is 133 Å². The number of hydrogen-bond acceptors (Lipinski definition) is 4. The largest absolute Gasteiger partial charge is 0.481 e. The molecule has 0 saturated carbocycles. The van der Waals surface area contributed by atoms with Crippen LogP contribution in [0.15, 0.2) is 41.5 Å². The number of amides is 1. The van der Waals surface area contributed by atoms with E-state index in [4.69, 9.17) is 5.11 Å². The molecule has 0 unspecified atom stereocenters. The van der Waals surface area contributed by atoms with Crippen LogP contribution in [0.25, 0.3) is 0 Å². The first-order chi connectivity index (χ1) is 10.5. The number of ketones is 1. The summed E-state index contributed by atoms with van der Waals surface area (Å²) >= 11 is 1.36. The van der Waals surface area contributed by atoms with Gasteiger partial charge >= 0.3 is 5.97 Å². The van der Waals surface area contributed by atoms with Gasteiger partial charge in [0.15, 0.2) is 5.78 Å². The van der Waals surface area contributed by atoms with E-state index >= 15 is 0 Å². The zero-order chi connectivity index (χ0) is 16.3. The Bertz CT molecular complexity index is 639. The summed E-state index contributed by atoms with van der Waals surface area (Å²) in [5.74, 6) is -1.75. The van der Waals surface area contributed by atoms with Crippen LogP contribution in [0.5, 0.6) is 0 Å². The van der Waals surface area contributed by atoms with Crippen LogP contribution in [-0.2, 0) is 9.59 Å². The van der Waals surface area contributed by atoms with E-state index < -0.39 is 17.8 Å². The fourth-order valence-electron chi connectivity index (χ4n) is 2.57. The van der Waals surface area contributed by atoms with E-state index in [1.165, 1.54) is 11.8 Å². The van der Waals surface area contributed by atoms with Crippen LogP contribution in [0.1, 0.15) is 23.7 Å². The molecule has 6 heteroatoms. The minimum atomic E-state index is -1.11. The molecule has 0 saturated heterocycles. The van der Waals surface area contributed by atoms with Gasteiger partial charge in [-0.05, 0) is 13.2 Å². The predicted octanol–water partition coefficient (Wildman–Crippen LogP) is 2.19. The van der Waals surface area contributed by atoms with Gasteiger partial charge in [-0.2, -0.15) is 0 Å². The van der Waals surface area contributed by atoms with Crippen LogP contribution in [0, 0.1) is 0 Å². The van der Waals surface area contributed by atoms with E-state index in [1.54, 1.807) is 35.2 Å². The molecule has 0 radical (unpaired) electrons. The predicted molar refractivity (Wildman–Crippen MR) is 84.7 cm³/mol. The molecule has 0 spiro atoms. The summed E-state index contributed by atoms with van der Waals surface area (Å²) in [6.45, 7) is 2.24. The van der Waals surface area contributed by atoms with Crippen molar-refractivity contribution in [2.75, 3.05) is 12.8 Å². The van der Waals surface area contributed by atoms with Gasteiger partial charge in [-0.15, -0.1) is 11.8 Å². The van der Waals surface area contributed by atoms with Gasteiger partial charge < -0.3 is 10.0 Å². The quantitative estimate of drug-likeness (QED) is 0.814. The van der Waals surface area contributed by atoms with Crippen molar-refractivity contribution >= 4 is 29.4 Å². The fourth-order valence-corrected chi connectivity index (χ4v) is 3.56. The Balaban J connectivity index is 2.53. The smallest absolute Gasteiger partial charge is 0.308 e. The maximum absolute atomic E-state index is 12.8. The minimum absolute atomic E-state index is 0.0996. The van der Waals surface area contributed by atoms with Crippen molar-refractivity contribution in [1.29, 1.82) is 0 Å². The molecule has 1 aliphatic rings. The second kappa shape index (κ2) is 6.79. The number of rotatable bonds is 6. The summed E-state index contributed by atoms with van der Waals surface area (Å²) in [7, 11) is 0. The molecule has 1 N–H and O–H groups in total. The number of nitrogens with zero attached hydrogens (tertiary/aromatic N) is 1. The molecule has 1 atom stereocenters. The normalized spacial score (nSPS) is 18.0. The van der Waals surface area contributed by atoms with E-state index in [0.717, 1.165) is 0 Å². The number of likely N-dealkylation sites (N-methyl/N-ethyl adjacent to an activating group) is 1. The molecule has 22 heavy (non-hydrogen) atoms. The van der Waals surface area contributed by atoms with E-state index in [-0.39, 0.29) is 17.3 Å². The lowest BCUT2D eigenvalue weighted by Gasteiger charge is -2.23. The first-order valence-corrected chi connectivity index (χ1v) is 8.18. The van der Waals surface area contributed by atoms with Gasteiger partial charge in [0.05, 0.1) is 6.42 Å². The van der Waals surface area contributed by atoms with E-state index in [2.05, 4.69) is 0 Å². The van der Waals surface area contributed by atoms with Crippen molar-refractivity contribution in [2.24, 2.45) is 0 Å². The average Bonchev–Trinajstić information content (AvgIpc) is 2.78. The van der Waals surface area contributed by atoms with Crippen molar-refractivity contribution in [3.63, 3.8) is 0 Å². The molecule has 1 aliphatic heterocycles. The number of carbonyl (C=O) groups is 3. The van der Waals surface area contributed by atoms with Crippen LogP contribution >= 0.6 is 11.8 Å². The Morgan fingerprint density at radius 1 is 1.27 bits per heavy atom. The third-order valence-electron chi connectivity index (χ3n) is 3.55. The Morgan fingerprint density at radius 3 is 2.41 bits per heavy atom. The van der Waals surface area contributed by atoms with Crippen molar-refractivity contribution < 1.29 is 19.5 Å². The number of carboxylic acid groups (broad SMARTS) is 1. The summed E-state index contributed by atoms with van der Waals surface area (Å²) in [6, 6.07) is 8.63. The monoisotopic (exact) mass is 319 g/mol. The van der Waals surface area contributed by atoms with Gasteiger partial charge in [-0.1, -0.05) is 30.3 Å². The number of thioether (sulfide) groups is 1. The lowest BCUT2D eigenvalue weighted by molar-refractivity contribution is -0.137. The number of Topliss-reactive ketones (excluding diaryl/α,β-unsaturated/α-hetero) is 1.